The van der Waals surface area contributed by atoms with Crippen LogP contribution in [0.15, 0.2) is 12.1 Å². The lowest BCUT2D eigenvalue weighted by molar-refractivity contribution is -0.385. The Hall–Kier alpha value is -1.82. The minimum atomic E-state index is -0.434. The van der Waals surface area contributed by atoms with Gasteiger partial charge in [0, 0.05) is 17.5 Å². The van der Waals surface area contributed by atoms with E-state index in [0.29, 0.717) is 17.1 Å². The summed E-state index contributed by atoms with van der Waals surface area (Å²) in [6.45, 7) is 3.66. The first-order valence-corrected chi connectivity index (χ1v) is 5.58. The maximum absolute atomic E-state index is 11.1. The van der Waals surface area contributed by atoms with Crippen molar-refractivity contribution in [3.63, 3.8) is 0 Å². The fraction of sp³-hybridized carbons (Fsp3) is 0.500. The molecule has 0 fully saturated rings. The lowest BCUT2D eigenvalue weighted by atomic mass is 9.93. The summed E-state index contributed by atoms with van der Waals surface area (Å²) in [5.41, 5.74) is 6.35. The van der Waals surface area contributed by atoms with Gasteiger partial charge in [-0.25, -0.2) is 0 Å². The van der Waals surface area contributed by atoms with Crippen molar-refractivity contribution in [1.82, 2.24) is 0 Å². The minimum Gasteiger partial charge on any atom is -0.493 e. The van der Waals surface area contributed by atoms with Gasteiger partial charge in [-0.05, 0) is 13.0 Å². The number of benzene rings is 1. The highest BCUT2D eigenvalue weighted by Gasteiger charge is 2.25. The summed E-state index contributed by atoms with van der Waals surface area (Å²) in [5, 5.41) is 11.1. The van der Waals surface area contributed by atoms with E-state index in [9.17, 15) is 10.1 Å². The molecular formula is C12H18N2O4. The third-order valence-corrected chi connectivity index (χ3v) is 3.01. The summed E-state index contributed by atoms with van der Waals surface area (Å²) >= 11 is 0. The Balaban J connectivity index is 3.42. The molecule has 0 aliphatic carbocycles. The van der Waals surface area contributed by atoms with Crippen molar-refractivity contribution in [1.29, 1.82) is 0 Å². The molecule has 18 heavy (non-hydrogen) atoms. The van der Waals surface area contributed by atoms with Crippen molar-refractivity contribution in [3.8, 4) is 11.5 Å². The van der Waals surface area contributed by atoms with Gasteiger partial charge < -0.3 is 15.2 Å². The maximum atomic E-state index is 11.1. The van der Waals surface area contributed by atoms with Crippen molar-refractivity contribution in [3.05, 3.63) is 27.8 Å². The number of nitrogens with zero attached hydrogens (tertiary/aromatic N) is 1. The van der Waals surface area contributed by atoms with Crippen LogP contribution in [0.1, 0.15) is 25.3 Å². The lowest BCUT2D eigenvalue weighted by Crippen LogP contribution is -2.23. The molecule has 0 aromatic heterocycles. The van der Waals surface area contributed by atoms with Gasteiger partial charge >= 0.3 is 0 Å². The molecule has 0 amide bonds. The first-order chi connectivity index (χ1) is 8.42. The van der Waals surface area contributed by atoms with Crippen LogP contribution < -0.4 is 15.2 Å². The van der Waals surface area contributed by atoms with E-state index >= 15 is 0 Å². The molecule has 2 unspecified atom stereocenters. The Kier molecular flexibility index (Phi) is 4.49. The molecule has 100 valence electrons. The van der Waals surface area contributed by atoms with Gasteiger partial charge in [-0.3, -0.25) is 10.1 Å². The molecule has 0 spiro atoms. The maximum Gasteiger partial charge on any atom is 0.276 e. The normalized spacial score (nSPS) is 13.8. The predicted molar refractivity (Wildman–Crippen MR) is 68.3 cm³/mol. The summed E-state index contributed by atoms with van der Waals surface area (Å²) in [7, 11) is 2.93. The second kappa shape index (κ2) is 5.68. The molecule has 0 aliphatic heterocycles. The molecular weight excluding hydrogens is 236 g/mol. The summed E-state index contributed by atoms with van der Waals surface area (Å²) in [6, 6.07) is 2.79. The standard InChI is InChI=1S/C12H18N2O4/c1-7(8(2)13)9-5-11(17-3)12(18-4)6-10(9)14(15)16/h5-8H,13H2,1-4H3. The van der Waals surface area contributed by atoms with Crippen molar-refractivity contribution in [2.24, 2.45) is 5.73 Å². The molecule has 2 N–H and O–H groups in total. The van der Waals surface area contributed by atoms with E-state index in [0.717, 1.165) is 0 Å². The van der Waals surface area contributed by atoms with Crippen LogP contribution in [0.3, 0.4) is 0 Å². The molecule has 2 atom stereocenters. The topological polar surface area (TPSA) is 87.6 Å². The second-order valence-corrected chi connectivity index (χ2v) is 4.17. The number of nitrogens with two attached hydrogens (primary N) is 1. The number of methoxy groups -OCH3 is 2. The van der Waals surface area contributed by atoms with Gasteiger partial charge in [-0.2, -0.15) is 0 Å². The van der Waals surface area contributed by atoms with Crippen LogP contribution in [0.2, 0.25) is 0 Å². The Morgan fingerprint density at radius 1 is 1.22 bits per heavy atom. The van der Waals surface area contributed by atoms with Gasteiger partial charge in [0.1, 0.15) is 0 Å². The smallest absolute Gasteiger partial charge is 0.276 e. The number of hydrogen-bond acceptors (Lipinski definition) is 5. The molecule has 6 nitrogen and oxygen atoms in total. The van der Waals surface area contributed by atoms with Gasteiger partial charge in [0.15, 0.2) is 11.5 Å². The molecule has 0 saturated carbocycles. The molecule has 0 heterocycles. The molecule has 0 aliphatic rings. The first-order valence-electron chi connectivity index (χ1n) is 5.58. The SMILES string of the molecule is COc1cc(C(C)C(C)N)c([N+](=O)[O-])cc1OC. The van der Waals surface area contributed by atoms with Crippen molar-refractivity contribution in [2.45, 2.75) is 25.8 Å². The van der Waals surface area contributed by atoms with Crippen LogP contribution in [0, 0.1) is 10.1 Å². The third-order valence-electron chi connectivity index (χ3n) is 3.01. The Labute approximate surface area is 106 Å². The van der Waals surface area contributed by atoms with Crippen LogP contribution in [0.25, 0.3) is 0 Å². The van der Waals surface area contributed by atoms with E-state index in [1.165, 1.54) is 20.3 Å². The highest BCUT2D eigenvalue weighted by atomic mass is 16.6. The highest BCUT2D eigenvalue weighted by molar-refractivity contribution is 5.55. The Morgan fingerprint density at radius 2 is 1.72 bits per heavy atom. The fourth-order valence-electron chi connectivity index (χ4n) is 1.69. The third kappa shape index (κ3) is 2.70. The zero-order valence-electron chi connectivity index (χ0n) is 11.0. The van der Waals surface area contributed by atoms with Gasteiger partial charge in [-0.15, -0.1) is 0 Å². The van der Waals surface area contributed by atoms with E-state index in [1.54, 1.807) is 6.07 Å². The van der Waals surface area contributed by atoms with E-state index in [4.69, 9.17) is 15.2 Å². The quantitative estimate of drug-likeness (QED) is 0.642. The number of nitro groups is 1. The van der Waals surface area contributed by atoms with Crippen molar-refractivity contribution in [2.75, 3.05) is 14.2 Å². The summed E-state index contributed by atoms with van der Waals surface area (Å²) in [6.07, 6.45) is 0. The average molecular weight is 254 g/mol. The zero-order valence-corrected chi connectivity index (χ0v) is 11.0. The molecule has 0 radical (unpaired) electrons. The van der Waals surface area contributed by atoms with Crippen LogP contribution in [0.4, 0.5) is 5.69 Å². The number of ether oxygens (including phenoxy) is 2. The van der Waals surface area contributed by atoms with Crippen LogP contribution in [-0.4, -0.2) is 25.2 Å². The van der Waals surface area contributed by atoms with Crippen molar-refractivity contribution >= 4 is 5.69 Å². The van der Waals surface area contributed by atoms with E-state index < -0.39 is 4.92 Å². The average Bonchev–Trinajstić information content (AvgIpc) is 2.35. The molecule has 1 aromatic carbocycles. The van der Waals surface area contributed by atoms with Crippen molar-refractivity contribution < 1.29 is 14.4 Å². The fourth-order valence-corrected chi connectivity index (χ4v) is 1.69. The largest absolute Gasteiger partial charge is 0.493 e. The minimum absolute atomic E-state index is 0.00236. The zero-order chi connectivity index (χ0) is 13.9. The van der Waals surface area contributed by atoms with Gasteiger partial charge in [0.05, 0.1) is 25.2 Å². The van der Waals surface area contributed by atoms with Crippen LogP contribution in [0.5, 0.6) is 11.5 Å². The number of rotatable bonds is 5. The van der Waals surface area contributed by atoms with E-state index in [2.05, 4.69) is 0 Å². The molecule has 6 heteroatoms. The van der Waals surface area contributed by atoms with Crippen LogP contribution in [-0.2, 0) is 0 Å². The molecule has 1 aromatic rings. The summed E-state index contributed by atoms with van der Waals surface area (Å²) in [4.78, 5) is 10.7. The Bertz CT molecular complexity index is 446. The predicted octanol–water partition coefficient (Wildman–Crippen LogP) is 2.06. The van der Waals surface area contributed by atoms with Gasteiger partial charge in [0.25, 0.3) is 5.69 Å². The number of hydrogen-bond donors (Lipinski definition) is 1. The summed E-state index contributed by atoms with van der Waals surface area (Å²) < 4.78 is 10.2. The second-order valence-electron chi connectivity index (χ2n) is 4.17. The van der Waals surface area contributed by atoms with Gasteiger partial charge in [0.2, 0.25) is 0 Å². The number of nitro benzene ring substituents is 1. The Morgan fingerprint density at radius 3 is 2.11 bits per heavy atom. The van der Waals surface area contributed by atoms with E-state index in [-0.39, 0.29) is 17.6 Å². The lowest BCUT2D eigenvalue weighted by Gasteiger charge is -2.18. The highest BCUT2D eigenvalue weighted by Crippen LogP contribution is 2.38. The van der Waals surface area contributed by atoms with Gasteiger partial charge in [-0.1, -0.05) is 6.92 Å². The van der Waals surface area contributed by atoms with E-state index in [1.807, 2.05) is 13.8 Å². The molecule has 0 bridgehead atoms. The monoisotopic (exact) mass is 254 g/mol. The molecule has 0 saturated heterocycles. The molecule has 1 rings (SSSR count). The van der Waals surface area contributed by atoms with Crippen LogP contribution >= 0.6 is 0 Å². The first kappa shape index (κ1) is 14.2. The summed E-state index contributed by atoms with van der Waals surface area (Å²) in [5.74, 6) is 0.653.